The summed E-state index contributed by atoms with van der Waals surface area (Å²) in [6, 6.07) is 15.9. The Bertz CT molecular complexity index is 2530. The SMILES string of the molecule is CCc1ccc(C2Oc3cc(-c4cnc([C@@H]5CCCN5C(=O)[C@@H](NC(=O)OC)C(C)C)[nH]4)cc(F)c3-c3cc4cc(-c5cnc([C@@H]6C[C@H]7C[C@H]7N6)[nH]5)ccc4n32)s1. The van der Waals surface area contributed by atoms with Gasteiger partial charge >= 0.3 is 6.09 Å². The number of thiophene rings is 1. The number of halogens is 1. The monoisotopic (exact) mass is 788 g/mol. The first kappa shape index (κ1) is 35.9. The van der Waals surface area contributed by atoms with E-state index in [1.54, 1.807) is 22.4 Å². The number of imidazole rings is 2. The molecule has 2 aromatic carbocycles. The van der Waals surface area contributed by atoms with Crippen LogP contribution in [0.4, 0.5) is 9.18 Å². The van der Waals surface area contributed by atoms with Crippen LogP contribution in [0.1, 0.15) is 86.2 Å². The number of carbonyl (C=O) groups excluding carboxylic acids is 2. The van der Waals surface area contributed by atoms with Gasteiger partial charge in [-0.15, -0.1) is 11.3 Å². The summed E-state index contributed by atoms with van der Waals surface area (Å²) in [5.74, 6) is 2.06. The van der Waals surface area contributed by atoms with Gasteiger partial charge in [-0.25, -0.2) is 19.2 Å². The van der Waals surface area contributed by atoms with Crippen molar-refractivity contribution in [2.45, 2.75) is 83.3 Å². The lowest BCUT2D eigenvalue weighted by Gasteiger charge is -2.30. The third-order valence-corrected chi connectivity index (χ3v) is 13.4. The molecule has 7 heterocycles. The molecule has 6 aromatic rings. The van der Waals surface area contributed by atoms with Crippen molar-refractivity contribution in [2.24, 2.45) is 11.8 Å². The summed E-state index contributed by atoms with van der Waals surface area (Å²) in [6.07, 6.45) is 7.24. The molecule has 12 nitrogen and oxygen atoms in total. The second kappa shape index (κ2) is 13.9. The largest absolute Gasteiger partial charge is 0.464 e. The molecule has 14 heteroatoms. The van der Waals surface area contributed by atoms with Gasteiger partial charge in [-0.2, -0.15) is 0 Å². The number of aryl methyl sites for hydroxylation is 1. The minimum atomic E-state index is -0.742. The van der Waals surface area contributed by atoms with E-state index in [9.17, 15) is 9.59 Å². The molecule has 294 valence electrons. The zero-order valence-electron chi connectivity index (χ0n) is 32.3. The topological polar surface area (TPSA) is 142 Å². The number of piperidine rings is 1. The highest BCUT2D eigenvalue weighted by molar-refractivity contribution is 7.12. The Hall–Kier alpha value is -5.47. The number of hydrogen-bond acceptors (Lipinski definition) is 8. The van der Waals surface area contributed by atoms with E-state index >= 15 is 4.39 Å². The molecule has 4 aromatic heterocycles. The first-order valence-corrected chi connectivity index (χ1v) is 20.7. The standard InChI is InChI=1S/C43H45FN8O4S/c1-5-26-9-11-36(57-26)42-52-32-10-8-22(30-19-45-39(48-30)29-16-24-15-28(24)47-29)13-25(32)17-34(52)37-27(44)14-23(18-35(37)56-42)31-20-46-40(49-31)33-7-6-12-51(33)41(53)38(21(2)3)50-43(54)55-4/h8-11,13-14,17-21,24,28-29,33,38,42,47H,5-7,12,15-16H2,1-4H3,(H,45,48)(H,46,49)(H,50,54)/t24-,28-,29+,33+,38+,42?/m1/s1. The highest BCUT2D eigenvalue weighted by Gasteiger charge is 2.47. The predicted molar refractivity (Wildman–Crippen MR) is 215 cm³/mol. The molecule has 1 unspecified atom stereocenters. The van der Waals surface area contributed by atoms with Crippen molar-refractivity contribution in [1.29, 1.82) is 0 Å². The van der Waals surface area contributed by atoms with Crippen molar-refractivity contribution in [3.63, 3.8) is 0 Å². The van der Waals surface area contributed by atoms with Crippen LogP contribution in [0, 0.1) is 17.7 Å². The molecule has 4 aliphatic rings. The van der Waals surface area contributed by atoms with Gasteiger partial charge < -0.3 is 35.0 Å². The van der Waals surface area contributed by atoms with E-state index in [-0.39, 0.29) is 23.9 Å². The Morgan fingerprint density at radius 2 is 1.84 bits per heavy atom. The summed E-state index contributed by atoms with van der Waals surface area (Å²) in [7, 11) is 1.28. The van der Waals surface area contributed by atoms with Gasteiger partial charge in [0, 0.05) is 34.0 Å². The number of nitrogens with one attached hydrogen (secondary N) is 4. The molecule has 0 radical (unpaired) electrons. The van der Waals surface area contributed by atoms with Gasteiger partial charge in [0.2, 0.25) is 12.1 Å². The number of rotatable bonds is 9. The van der Waals surface area contributed by atoms with E-state index in [1.807, 2.05) is 26.1 Å². The van der Waals surface area contributed by atoms with Gasteiger partial charge in [0.25, 0.3) is 0 Å². The summed E-state index contributed by atoms with van der Waals surface area (Å²) in [6.45, 7) is 6.44. The Kier molecular flexibility index (Phi) is 8.74. The Labute approximate surface area is 333 Å². The van der Waals surface area contributed by atoms with Gasteiger partial charge in [0.1, 0.15) is 29.3 Å². The number of amides is 2. The summed E-state index contributed by atoms with van der Waals surface area (Å²) in [5, 5.41) is 7.35. The minimum absolute atomic E-state index is 0.148. The number of H-pyrrole nitrogens is 2. The number of alkyl carbamates (subject to hydrolysis) is 1. The maximum atomic E-state index is 16.7. The molecule has 4 N–H and O–H groups in total. The Morgan fingerprint density at radius 1 is 1.04 bits per heavy atom. The Morgan fingerprint density at radius 3 is 2.60 bits per heavy atom. The van der Waals surface area contributed by atoms with Crippen LogP contribution in [0.5, 0.6) is 5.75 Å². The van der Waals surface area contributed by atoms with E-state index in [1.165, 1.54) is 24.5 Å². The average Bonchev–Trinajstić information content (AvgIpc) is 3.98. The first-order valence-electron chi connectivity index (χ1n) is 19.9. The molecular formula is C43H45FN8O4S. The quantitative estimate of drug-likeness (QED) is 0.116. The van der Waals surface area contributed by atoms with Crippen molar-refractivity contribution in [2.75, 3.05) is 13.7 Å². The third kappa shape index (κ3) is 6.20. The van der Waals surface area contributed by atoms with Crippen LogP contribution in [0.2, 0.25) is 0 Å². The fraction of sp³-hybridized carbons (Fsp3) is 0.395. The van der Waals surface area contributed by atoms with Crippen molar-refractivity contribution in [3.05, 3.63) is 88.1 Å². The van der Waals surface area contributed by atoms with Crippen molar-refractivity contribution in [1.82, 2.24) is 40.0 Å². The van der Waals surface area contributed by atoms with Crippen LogP contribution in [0.25, 0.3) is 44.7 Å². The highest BCUT2D eigenvalue weighted by atomic mass is 32.1. The lowest BCUT2D eigenvalue weighted by molar-refractivity contribution is -0.135. The summed E-state index contributed by atoms with van der Waals surface area (Å²) in [4.78, 5) is 46.2. The molecule has 1 aliphatic carbocycles. The van der Waals surface area contributed by atoms with Gasteiger partial charge in [0.15, 0.2) is 0 Å². The lowest BCUT2D eigenvalue weighted by Crippen LogP contribution is -2.51. The fourth-order valence-electron chi connectivity index (χ4n) is 9.04. The van der Waals surface area contributed by atoms with Crippen molar-refractivity contribution < 1.29 is 23.5 Å². The second-order valence-electron chi connectivity index (χ2n) is 16.1. The number of benzene rings is 2. The molecule has 57 heavy (non-hydrogen) atoms. The molecule has 10 rings (SSSR count). The van der Waals surface area contributed by atoms with Crippen LogP contribution < -0.4 is 15.4 Å². The number of aromatic nitrogens is 5. The van der Waals surface area contributed by atoms with E-state index in [0.717, 1.165) is 63.7 Å². The number of likely N-dealkylation sites (tertiary alicyclic amines) is 1. The van der Waals surface area contributed by atoms with Crippen molar-refractivity contribution >= 4 is 34.2 Å². The zero-order chi connectivity index (χ0) is 39.1. The zero-order valence-corrected chi connectivity index (χ0v) is 33.1. The smallest absolute Gasteiger partial charge is 0.407 e. The van der Waals surface area contributed by atoms with Crippen LogP contribution >= 0.6 is 11.3 Å². The molecule has 1 saturated carbocycles. The van der Waals surface area contributed by atoms with Gasteiger partial charge in [-0.3, -0.25) is 9.36 Å². The molecule has 3 aliphatic heterocycles. The fourth-order valence-corrected chi connectivity index (χ4v) is 10.0. The predicted octanol–water partition coefficient (Wildman–Crippen LogP) is 8.26. The number of fused-ring (bicyclic) bond motifs is 6. The minimum Gasteiger partial charge on any atom is -0.464 e. The highest BCUT2D eigenvalue weighted by Crippen LogP contribution is 2.49. The summed E-state index contributed by atoms with van der Waals surface area (Å²) < 4.78 is 30.4. The molecule has 2 saturated heterocycles. The molecule has 0 spiro atoms. The number of carbonyl (C=O) groups is 2. The van der Waals surface area contributed by atoms with Crippen molar-refractivity contribution in [3.8, 4) is 39.5 Å². The molecule has 6 atom stereocenters. The van der Waals surface area contributed by atoms with Crippen LogP contribution in [0.3, 0.4) is 0 Å². The van der Waals surface area contributed by atoms with Gasteiger partial charge in [-0.1, -0.05) is 26.8 Å². The maximum Gasteiger partial charge on any atom is 0.407 e. The van der Waals surface area contributed by atoms with E-state index in [0.29, 0.717) is 47.4 Å². The maximum absolute atomic E-state index is 16.7. The normalized spacial score (nSPS) is 22.6. The number of methoxy groups -OCH3 is 1. The van der Waals surface area contributed by atoms with Gasteiger partial charge in [0.05, 0.1) is 64.6 Å². The molecule has 3 fully saturated rings. The molecular weight excluding hydrogens is 744 g/mol. The van der Waals surface area contributed by atoms with Gasteiger partial charge in [-0.05, 0) is 86.4 Å². The van der Waals surface area contributed by atoms with Crippen LogP contribution in [0.15, 0.2) is 60.9 Å². The van der Waals surface area contributed by atoms with E-state index in [2.05, 4.69) is 68.5 Å². The number of aromatic amines is 2. The summed E-state index contributed by atoms with van der Waals surface area (Å²) >= 11 is 1.70. The molecule has 2 amide bonds. The lowest BCUT2D eigenvalue weighted by atomic mass is 10.0. The third-order valence-electron chi connectivity index (χ3n) is 12.2. The molecule has 0 bridgehead atoms. The summed E-state index contributed by atoms with van der Waals surface area (Å²) in [5.41, 5.74) is 5.27. The first-order chi connectivity index (χ1) is 27.7. The van der Waals surface area contributed by atoms with E-state index < -0.39 is 24.2 Å². The Balaban J connectivity index is 0.988. The van der Waals surface area contributed by atoms with E-state index in [4.69, 9.17) is 19.4 Å². The second-order valence-corrected chi connectivity index (χ2v) is 17.3. The number of ether oxygens (including phenoxy) is 2. The van der Waals surface area contributed by atoms with Crippen LogP contribution in [-0.4, -0.2) is 67.1 Å². The number of hydrogen-bond donors (Lipinski definition) is 4. The van der Waals surface area contributed by atoms with Crippen LogP contribution in [-0.2, 0) is 16.0 Å². The number of nitrogens with zero attached hydrogens (tertiary/aromatic N) is 4. The average molecular weight is 789 g/mol.